The summed E-state index contributed by atoms with van der Waals surface area (Å²) in [4.78, 5) is 20.9. The molecule has 1 N–H and O–H groups in total. The molecule has 0 atom stereocenters. The van der Waals surface area contributed by atoms with Crippen molar-refractivity contribution in [2.75, 3.05) is 44.2 Å². The van der Waals surface area contributed by atoms with E-state index in [9.17, 15) is 0 Å². The van der Waals surface area contributed by atoms with Gasteiger partial charge in [0.15, 0.2) is 5.82 Å². The van der Waals surface area contributed by atoms with Crippen LogP contribution in [-0.2, 0) is 6.42 Å². The molecule has 164 valence electrons. The number of aryl methyl sites for hydroxylation is 2. The lowest BCUT2D eigenvalue weighted by atomic mass is 10.0. The Kier molecular flexibility index (Phi) is 6.74. The zero-order chi connectivity index (χ0) is 21.1. The van der Waals surface area contributed by atoms with Crippen LogP contribution >= 0.6 is 0 Å². The van der Waals surface area contributed by atoms with Gasteiger partial charge < -0.3 is 14.8 Å². The minimum atomic E-state index is 0.676. The molecule has 4 rings (SSSR count). The molecule has 2 aromatic rings. The van der Waals surface area contributed by atoms with Gasteiger partial charge >= 0.3 is 0 Å². The smallest absolute Gasteiger partial charge is 0.156 e. The van der Waals surface area contributed by atoms with Gasteiger partial charge in [0.2, 0.25) is 0 Å². The number of aromatic nitrogens is 3. The average Bonchev–Trinajstić information content (AvgIpc) is 2.98. The Morgan fingerprint density at radius 1 is 1.03 bits per heavy atom. The van der Waals surface area contributed by atoms with Crippen molar-refractivity contribution in [2.24, 2.45) is 0 Å². The molecule has 2 aliphatic rings. The number of aromatic amines is 1. The summed E-state index contributed by atoms with van der Waals surface area (Å²) in [5, 5.41) is 0. The highest BCUT2D eigenvalue weighted by molar-refractivity contribution is 5.55. The van der Waals surface area contributed by atoms with E-state index < -0.39 is 0 Å². The fourth-order valence-electron chi connectivity index (χ4n) is 4.99. The van der Waals surface area contributed by atoms with Gasteiger partial charge in [0.25, 0.3) is 0 Å². The van der Waals surface area contributed by atoms with Gasteiger partial charge in [-0.05, 0) is 71.7 Å². The molecule has 6 nitrogen and oxygen atoms in total. The number of imidazole rings is 1. The van der Waals surface area contributed by atoms with Crippen molar-refractivity contribution in [3.8, 4) is 11.5 Å². The van der Waals surface area contributed by atoms with Crippen LogP contribution in [-0.4, -0.2) is 76.1 Å². The van der Waals surface area contributed by atoms with Gasteiger partial charge in [-0.1, -0.05) is 13.0 Å². The van der Waals surface area contributed by atoms with Gasteiger partial charge in [0.05, 0.1) is 5.69 Å². The van der Waals surface area contributed by atoms with Gasteiger partial charge in [0.1, 0.15) is 11.5 Å². The predicted molar refractivity (Wildman–Crippen MR) is 124 cm³/mol. The number of H-pyrrole nitrogens is 1. The molecule has 30 heavy (non-hydrogen) atoms. The van der Waals surface area contributed by atoms with Gasteiger partial charge in [-0.25, -0.2) is 9.97 Å². The summed E-state index contributed by atoms with van der Waals surface area (Å²) < 4.78 is 0. The number of hydrogen-bond donors (Lipinski definition) is 1. The second kappa shape index (κ2) is 9.48. The second-order valence-electron chi connectivity index (χ2n) is 9.12. The lowest BCUT2D eigenvalue weighted by molar-refractivity contribution is 0.0965. The molecule has 0 radical (unpaired) electrons. The number of rotatable bonds is 5. The van der Waals surface area contributed by atoms with Crippen molar-refractivity contribution in [3.63, 3.8) is 0 Å². The molecule has 6 heteroatoms. The minimum absolute atomic E-state index is 0.676. The summed E-state index contributed by atoms with van der Waals surface area (Å²) in [6, 6.07) is 7.75. The first-order valence-electron chi connectivity index (χ1n) is 11.8. The second-order valence-corrected chi connectivity index (χ2v) is 9.12. The molecule has 0 saturated carbocycles. The molecule has 2 saturated heterocycles. The minimum Gasteiger partial charge on any atom is -0.355 e. The van der Waals surface area contributed by atoms with Crippen molar-refractivity contribution < 1.29 is 0 Å². The van der Waals surface area contributed by atoms with Crippen molar-refractivity contribution in [3.05, 3.63) is 29.6 Å². The van der Waals surface area contributed by atoms with Gasteiger partial charge in [-0.15, -0.1) is 0 Å². The van der Waals surface area contributed by atoms with Crippen LogP contribution in [0.4, 0.5) is 5.82 Å². The van der Waals surface area contributed by atoms with E-state index in [1.54, 1.807) is 0 Å². The molecule has 2 fully saturated rings. The predicted octanol–water partition coefficient (Wildman–Crippen LogP) is 3.73. The largest absolute Gasteiger partial charge is 0.355 e. The molecular weight excluding hydrogens is 372 g/mol. The quantitative estimate of drug-likeness (QED) is 0.814. The van der Waals surface area contributed by atoms with Crippen molar-refractivity contribution in [2.45, 2.75) is 65.5 Å². The van der Waals surface area contributed by atoms with E-state index in [1.165, 1.54) is 44.6 Å². The lowest BCUT2D eigenvalue weighted by Crippen LogP contribution is -2.47. The van der Waals surface area contributed by atoms with E-state index in [2.05, 4.69) is 65.6 Å². The first-order chi connectivity index (χ1) is 14.5. The maximum absolute atomic E-state index is 4.97. The van der Waals surface area contributed by atoms with Crippen LogP contribution in [0.2, 0.25) is 0 Å². The van der Waals surface area contributed by atoms with E-state index in [-0.39, 0.29) is 0 Å². The lowest BCUT2D eigenvalue weighted by Gasteiger charge is -2.39. The molecule has 0 unspecified atom stereocenters. The van der Waals surface area contributed by atoms with Crippen molar-refractivity contribution in [1.82, 2.24) is 24.8 Å². The summed E-state index contributed by atoms with van der Waals surface area (Å²) in [6.45, 7) is 15.8. The summed E-state index contributed by atoms with van der Waals surface area (Å²) >= 11 is 0. The summed E-state index contributed by atoms with van der Waals surface area (Å²) in [5.41, 5.74) is 3.22. The molecule has 2 aliphatic heterocycles. The van der Waals surface area contributed by atoms with E-state index in [0.717, 1.165) is 55.1 Å². The number of likely N-dealkylation sites (tertiary alicyclic amines) is 1. The highest BCUT2D eigenvalue weighted by atomic mass is 15.3. The van der Waals surface area contributed by atoms with Crippen LogP contribution in [0.3, 0.4) is 0 Å². The molecule has 0 aromatic carbocycles. The van der Waals surface area contributed by atoms with E-state index >= 15 is 0 Å². The Morgan fingerprint density at radius 3 is 2.53 bits per heavy atom. The topological polar surface area (TPSA) is 51.3 Å². The Morgan fingerprint density at radius 2 is 1.83 bits per heavy atom. The SMILES string of the molecule is CCc1[nH]c(-c2cccc(N3CCCN(C4CCN(C(C)C)CC4)CC3)n2)nc1C. The molecular formula is C24H38N6. The number of piperidine rings is 1. The van der Waals surface area contributed by atoms with Crippen LogP contribution in [0.1, 0.15) is 51.4 Å². The third kappa shape index (κ3) is 4.70. The maximum Gasteiger partial charge on any atom is 0.156 e. The monoisotopic (exact) mass is 410 g/mol. The van der Waals surface area contributed by atoms with Crippen molar-refractivity contribution >= 4 is 5.82 Å². The van der Waals surface area contributed by atoms with Gasteiger partial charge in [-0.2, -0.15) is 0 Å². The summed E-state index contributed by atoms with van der Waals surface area (Å²) in [5.74, 6) is 1.97. The first kappa shape index (κ1) is 21.3. The highest BCUT2D eigenvalue weighted by Crippen LogP contribution is 2.23. The van der Waals surface area contributed by atoms with Gasteiger partial charge in [-0.3, -0.25) is 4.90 Å². The average molecular weight is 411 g/mol. The van der Waals surface area contributed by atoms with E-state index in [4.69, 9.17) is 9.97 Å². The molecule has 0 spiro atoms. The highest BCUT2D eigenvalue weighted by Gasteiger charge is 2.27. The normalized spacial score (nSPS) is 20.1. The third-order valence-electron chi connectivity index (χ3n) is 6.92. The maximum atomic E-state index is 4.97. The zero-order valence-electron chi connectivity index (χ0n) is 19.2. The standard InChI is InChI=1S/C24H38N6/c1-5-21-19(4)25-24(27-21)22-8-6-9-23(26-22)30-13-7-12-29(16-17-30)20-10-14-28(15-11-20)18(2)3/h6,8-9,18,20H,5,7,10-17H2,1-4H3,(H,25,27). The molecule has 0 aliphatic carbocycles. The van der Waals surface area contributed by atoms with E-state index in [0.29, 0.717) is 6.04 Å². The van der Waals surface area contributed by atoms with Crippen molar-refractivity contribution in [1.29, 1.82) is 0 Å². The number of pyridine rings is 1. The first-order valence-corrected chi connectivity index (χ1v) is 11.8. The Bertz CT molecular complexity index is 821. The molecule has 4 heterocycles. The zero-order valence-corrected chi connectivity index (χ0v) is 19.2. The van der Waals surface area contributed by atoms with Crippen LogP contribution in [0.25, 0.3) is 11.5 Å². The molecule has 0 bridgehead atoms. The summed E-state index contributed by atoms with van der Waals surface area (Å²) in [6.07, 6.45) is 4.79. The van der Waals surface area contributed by atoms with E-state index in [1.807, 2.05) is 0 Å². The number of hydrogen-bond acceptors (Lipinski definition) is 5. The third-order valence-corrected chi connectivity index (χ3v) is 6.92. The van der Waals surface area contributed by atoms with Crippen LogP contribution in [0, 0.1) is 6.92 Å². The fraction of sp³-hybridized carbons (Fsp3) is 0.667. The Balaban J connectivity index is 1.40. The Labute approximate surface area is 181 Å². The number of nitrogens with zero attached hydrogens (tertiary/aromatic N) is 5. The number of anilines is 1. The van der Waals surface area contributed by atoms with Crippen LogP contribution < -0.4 is 4.90 Å². The summed E-state index contributed by atoms with van der Waals surface area (Å²) in [7, 11) is 0. The fourth-order valence-corrected chi connectivity index (χ4v) is 4.99. The number of nitrogens with one attached hydrogen (secondary N) is 1. The van der Waals surface area contributed by atoms with Crippen LogP contribution in [0.5, 0.6) is 0 Å². The molecule has 0 amide bonds. The van der Waals surface area contributed by atoms with Gasteiger partial charge in [0, 0.05) is 44.0 Å². The Hall–Kier alpha value is -1.92. The molecule has 2 aromatic heterocycles. The van der Waals surface area contributed by atoms with Crippen LogP contribution in [0.15, 0.2) is 18.2 Å².